The van der Waals surface area contributed by atoms with E-state index < -0.39 is 0 Å². The van der Waals surface area contributed by atoms with E-state index in [1.807, 2.05) is 6.08 Å². The van der Waals surface area contributed by atoms with Gasteiger partial charge >= 0.3 is 0 Å². The van der Waals surface area contributed by atoms with Gasteiger partial charge in [-0.1, -0.05) is 47.0 Å². The monoisotopic (exact) mass is 258 g/mol. The van der Waals surface area contributed by atoms with Crippen LogP contribution in [0.2, 0.25) is 0 Å². The number of carbonyl (C=O) groups excluding carboxylic acids is 1. The summed E-state index contributed by atoms with van der Waals surface area (Å²) in [4.78, 5) is 11.3. The van der Waals surface area contributed by atoms with E-state index in [-0.39, 0.29) is 0 Å². The minimum absolute atomic E-state index is 0.803. The summed E-state index contributed by atoms with van der Waals surface area (Å²) in [5.41, 5.74) is 0. The van der Waals surface area contributed by atoms with E-state index in [9.17, 15) is 4.79 Å². The topological polar surface area (TPSA) is 17.1 Å². The summed E-state index contributed by atoms with van der Waals surface area (Å²) in [6, 6.07) is 0. The van der Waals surface area contributed by atoms with Crippen LogP contribution in [0.1, 0.15) is 0 Å². The lowest BCUT2D eigenvalue weighted by Crippen LogP contribution is -1.67. The number of aldehydes is 1. The molecule has 5 heteroatoms. The molecule has 0 aromatic rings. The average Bonchev–Trinajstić information content (AvgIpc) is 2.85. The van der Waals surface area contributed by atoms with Gasteiger partial charge in [0.2, 0.25) is 0 Å². The Bertz CT molecular complexity index is 355. The highest BCUT2D eigenvalue weighted by Gasteiger charge is 2.16. The number of thioether (sulfide) groups is 4. The first-order chi connectivity index (χ1) is 6.90. The maximum atomic E-state index is 10.1. The largest absolute Gasteiger partial charge is 0.299 e. The van der Waals surface area contributed by atoms with Crippen molar-refractivity contribution in [2.24, 2.45) is 0 Å². The molecule has 0 saturated heterocycles. The highest BCUT2D eigenvalue weighted by Crippen LogP contribution is 2.53. The Morgan fingerprint density at radius 2 is 1.86 bits per heavy atom. The van der Waals surface area contributed by atoms with Gasteiger partial charge in [0.25, 0.3) is 0 Å². The highest BCUT2D eigenvalue weighted by molar-refractivity contribution is 8.33. The van der Waals surface area contributed by atoms with E-state index in [4.69, 9.17) is 0 Å². The van der Waals surface area contributed by atoms with E-state index in [1.165, 1.54) is 14.6 Å². The fraction of sp³-hybridized carbons (Fsp3) is 0. The molecule has 0 saturated carbocycles. The second-order valence-corrected chi connectivity index (χ2v) is 6.63. The van der Waals surface area contributed by atoms with Crippen LogP contribution in [0.3, 0.4) is 0 Å². The zero-order valence-corrected chi connectivity index (χ0v) is 10.3. The summed E-state index contributed by atoms with van der Waals surface area (Å²) in [5, 5.41) is 6.26. The van der Waals surface area contributed by atoms with Crippen LogP contribution >= 0.6 is 47.0 Å². The summed E-state index contributed by atoms with van der Waals surface area (Å²) < 4.78 is 2.65. The summed E-state index contributed by atoms with van der Waals surface area (Å²) >= 11 is 6.97. The first kappa shape index (κ1) is 10.5. The molecule has 0 N–H and O–H groups in total. The van der Waals surface area contributed by atoms with Crippen molar-refractivity contribution >= 4 is 53.3 Å². The number of hydrogen-bond donors (Lipinski definition) is 0. The SMILES string of the molecule is O=C/C=C/C1=CSC(=C2SC=CS2)S1. The van der Waals surface area contributed by atoms with Crippen molar-refractivity contribution in [3.8, 4) is 0 Å². The van der Waals surface area contributed by atoms with Gasteiger partial charge in [0.15, 0.2) is 0 Å². The molecule has 0 aliphatic carbocycles. The van der Waals surface area contributed by atoms with Crippen molar-refractivity contribution in [1.82, 2.24) is 0 Å². The van der Waals surface area contributed by atoms with Crippen LogP contribution in [0.15, 0.2) is 41.8 Å². The van der Waals surface area contributed by atoms with Crippen LogP contribution in [-0.4, -0.2) is 6.29 Å². The first-order valence-electron chi connectivity index (χ1n) is 3.79. The van der Waals surface area contributed by atoms with Crippen LogP contribution in [0.5, 0.6) is 0 Å². The van der Waals surface area contributed by atoms with Gasteiger partial charge in [-0.15, -0.1) is 0 Å². The van der Waals surface area contributed by atoms with Gasteiger partial charge in [-0.25, -0.2) is 0 Å². The van der Waals surface area contributed by atoms with Gasteiger partial charge < -0.3 is 0 Å². The van der Waals surface area contributed by atoms with Gasteiger partial charge in [0, 0.05) is 4.91 Å². The average molecular weight is 258 g/mol. The Labute approximate surface area is 99.5 Å². The molecule has 2 aliphatic heterocycles. The lowest BCUT2D eigenvalue weighted by molar-refractivity contribution is -0.104. The van der Waals surface area contributed by atoms with Crippen LogP contribution in [0.4, 0.5) is 0 Å². The molecular formula is C9H6OS4. The van der Waals surface area contributed by atoms with E-state index in [0.717, 1.165) is 11.2 Å². The third-order valence-corrected chi connectivity index (χ3v) is 6.41. The molecule has 0 atom stereocenters. The molecular weight excluding hydrogens is 252 g/mol. The summed E-state index contributed by atoms with van der Waals surface area (Å²) in [6.45, 7) is 0. The fourth-order valence-corrected chi connectivity index (χ4v) is 5.23. The van der Waals surface area contributed by atoms with Crippen LogP contribution < -0.4 is 0 Å². The first-order valence-corrected chi connectivity index (χ1v) is 7.25. The quantitative estimate of drug-likeness (QED) is 0.545. The summed E-state index contributed by atoms with van der Waals surface area (Å²) in [6.07, 6.45) is 4.17. The summed E-state index contributed by atoms with van der Waals surface area (Å²) in [7, 11) is 0. The van der Waals surface area contributed by atoms with Crippen molar-refractivity contribution < 1.29 is 4.79 Å². The zero-order valence-electron chi connectivity index (χ0n) is 7.01. The van der Waals surface area contributed by atoms with Gasteiger partial charge in [0.1, 0.15) is 6.29 Å². The number of allylic oxidation sites excluding steroid dienone is 2. The van der Waals surface area contributed by atoms with Gasteiger partial charge in [-0.3, -0.25) is 4.79 Å². The lowest BCUT2D eigenvalue weighted by Gasteiger charge is -1.99. The molecule has 0 bridgehead atoms. The van der Waals surface area contributed by atoms with Crippen molar-refractivity contribution in [2.75, 3.05) is 0 Å². The molecule has 14 heavy (non-hydrogen) atoms. The molecule has 0 amide bonds. The molecule has 1 nitrogen and oxygen atoms in total. The minimum Gasteiger partial charge on any atom is -0.299 e. The number of hydrogen-bond acceptors (Lipinski definition) is 5. The van der Waals surface area contributed by atoms with E-state index in [2.05, 4.69) is 16.2 Å². The maximum Gasteiger partial charge on any atom is 0.142 e. The third-order valence-electron chi connectivity index (χ3n) is 1.40. The van der Waals surface area contributed by atoms with E-state index in [0.29, 0.717) is 0 Å². The molecule has 72 valence electrons. The minimum atomic E-state index is 0.803. The fourth-order valence-electron chi connectivity index (χ4n) is 0.867. The molecule has 0 spiro atoms. The van der Waals surface area contributed by atoms with Crippen molar-refractivity contribution in [3.63, 3.8) is 0 Å². The maximum absolute atomic E-state index is 10.1. The Kier molecular flexibility index (Phi) is 3.92. The van der Waals surface area contributed by atoms with Crippen LogP contribution in [0.25, 0.3) is 0 Å². The van der Waals surface area contributed by atoms with Crippen molar-refractivity contribution in [1.29, 1.82) is 0 Å². The van der Waals surface area contributed by atoms with Crippen LogP contribution in [-0.2, 0) is 4.79 Å². The highest BCUT2D eigenvalue weighted by atomic mass is 32.2. The lowest BCUT2D eigenvalue weighted by atomic mass is 10.5. The third kappa shape index (κ3) is 2.53. The Morgan fingerprint density at radius 3 is 2.57 bits per heavy atom. The molecule has 0 unspecified atom stereocenters. The molecule has 0 radical (unpaired) electrons. The van der Waals surface area contributed by atoms with Gasteiger partial charge in [-0.2, -0.15) is 0 Å². The number of rotatable bonds is 2. The second kappa shape index (κ2) is 5.21. The Balaban J connectivity index is 2.01. The van der Waals surface area contributed by atoms with Crippen molar-refractivity contribution in [2.45, 2.75) is 0 Å². The molecule has 2 aliphatic rings. The molecule has 2 heterocycles. The Morgan fingerprint density at radius 1 is 1.07 bits per heavy atom. The molecule has 0 aromatic heterocycles. The molecule has 0 aromatic carbocycles. The van der Waals surface area contributed by atoms with Crippen molar-refractivity contribution in [3.05, 3.63) is 41.8 Å². The smallest absolute Gasteiger partial charge is 0.142 e. The van der Waals surface area contributed by atoms with Gasteiger partial charge in [-0.05, 0) is 28.4 Å². The Hall–Kier alpha value is 0.0300. The number of carbonyl (C=O) groups is 1. The second-order valence-electron chi connectivity index (χ2n) is 2.32. The predicted molar refractivity (Wildman–Crippen MR) is 69.8 cm³/mol. The normalized spacial score (nSPS) is 21.0. The zero-order chi connectivity index (χ0) is 9.80. The van der Waals surface area contributed by atoms with E-state index in [1.54, 1.807) is 47.0 Å². The predicted octanol–water partition coefficient (Wildman–Crippen LogP) is 4.14. The summed E-state index contributed by atoms with van der Waals surface area (Å²) in [5.74, 6) is 0. The van der Waals surface area contributed by atoms with Gasteiger partial charge in [0.05, 0.1) is 8.47 Å². The van der Waals surface area contributed by atoms with E-state index >= 15 is 0 Å². The molecule has 2 rings (SSSR count). The standard InChI is InChI=1S/C9H6OS4/c10-3-1-2-7-6-13-9(14-7)8-11-4-5-12-8/h1-6H/b2-1+. The molecule has 0 fully saturated rings. The van der Waals surface area contributed by atoms with Crippen LogP contribution in [0, 0.1) is 0 Å².